The average Bonchev–Trinajstić information content (AvgIpc) is 3.02. The number of hydrogen-bond acceptors (Lipinski definition) is 3. The molecule has 2 nitrogen and oxygen atoms in total. The average molecular weight is 326 g/mol. The van der Waals surface area contributed by atoms with Gasteiger partial charge in [-0.2, -0.15) is 13.2 Å². The van der Waals surface area contributed by atoms with Gasteiger partial charge in [-0.25, -0.2) is 0 Å². The van der Waals surface area contributed by atoms with E-state index in [9.17, 15) is 13.2 Å². The minimum absolute atomic E-state index is 0.107. The molecule has 0 unspecified atom stereocenters. The number of hydrogen-bond donors (Lipinski definition) is 1. The van der Waals surface area contributed by atoms with Gasteiger partial charge in [-0.05, 0) is 29.1 Å². The van der Waals surface area contributed by atoms with Crippen LogP contribution in [0.25, 0.3) is 0 Å². The zero-order chi connectivity index (χ0) is 15.6. The van der Waals surface area contributed by atoms with Crippen LogP contribution in [0, 0.1) is 0 Å². The van der Waals surface area contributed by atoms with E-state index < -0.39 is 11.7 Å². The third-order valence-corrected chi connectivity index (χ3v) is 4.78. The van der Waals surface area contributed by atoms with Crippen molar-refractivity contribution in [2.45, 2.75) is 12.2 Å². The lowest BCUT2D eigenvalue weighted by molar-refractivity contribution is -0.137. The normalized spacial score (nSPS) is 18.3. The minimum Gasteiger partial charge on any atom is -0.314 e. The fourth-order valence-corrected chi connectivity index (χ4v) is 3.71. The van der Waals surface area contributed by atoms with Crippen LogP contribution in [0.2, 0.25) is 0 Å². The van der Waals surface area contributed by atoms with Crippen LogP contribution in [0.15, 0.2) is 41.8 Å². The largest absolute Gasteiger partial charge is 0.416 e. The van der Waals surface area contributed by atoms with E-state index in [-0.39, 0.29) is 6.04 Å². The summed E-state index contributed by atoms with van der Waals surface area (Å²) in [5.41, 5.74) is 0.126. The fraction of sp³-hybridized carbons (Fsp3) is 0.375. The van der Waals surface area contributed by atoms with Crippen molar-refractivity contribution < 1.29 is 13.2 Å². The number of thiophene rings is 1. The Hall–Kier alpha value is -1.37. The molecule has 0 bridgehead atoms. The molecule has 2 heterocycles. The molecule has 0 radical (unpaired) electrons. The third kappa shape index (κ3) is 3.34. The van der Waals surface area contributed by atoms with E-state index in [1.165, 1.54) is 12.1 Å². The second-order valence-electron chi connectivity index (χ2n) is 5.33. The van der Waals surface area contributed by atoms with Crippen LogP contribution in [0.1, 0.15) is 22.0 Å². The maximum atomic E-state index is 13.0. The van der Waals surface area contributed by atoms with Gasteiger partial charge in [-0.1, -0.05) is 18.2 Å². The van der Waals surface area contributed by atoms with Crippen LogP contribution in [0.3, 0.4) is 0 Å². The van der Waals surface area contributed by atoms with Crippen LogP contribution >= 0.6 is 11.3 Å². The van der Waals surface area contributed by atoms with Gasteiger partial charge in [0.25, 0.3) is 0 Å². The number of nitrogens with zero attached hydrogens (tertiary/aromatic N) is 1. The van der Waals surface area contributed by atoms with Gasteiger partial charge >= 0.3 is 6.18 Å². The lowest BCUT2D eigenvalue weighted by atomic mass is 10.00. The Bertz CT molecular complexity index is 604. The standard InChI is InChI=1S/C16H17F3N2S/c17-16(18,19)13-4-1-3-12(11-13)15(14-5-2-10-22-14)21-8-6-20-7-9-21/h1-5,10-11,15,20H,6-9H2/t15-/m0/s1. The lowest BCUT2D eigenvalue weighted by Gasteiger charge is -2.35. The molecule has 1 saturated heterocycles. The molecule has 1 aliphatic rings. The number of rotatable bonds is 3. The summed E-state index contributed by atoms with van der Waals surface area (Å²) in [6.07, 6.45) is -4.31. The van der Waals surface area contributed by atoms with Crippen molar-refractivity contribution in [3.8, 4) is 0 Å². The molecule has 1 aromatic carbocycles. The Morgan fingerprint density at radius 3 is 2.50 bits per heavy atom. The monoisotopic (exact) mass is 326 g/mol. The molecule has 6 heteroatoms. The Balaban J connectivity index is 1.99. The van der Waals surface area contributed by atoms with Gasteiger partial charge in [0, 0.05) is 31.1 Å². The molecular weight excluding hydrogens is 309 g/mol. The minimum atomic E-state index is -4.31. The van der Waals surface area contributed by atoms with Crippen molar-refractivity contribution in [1.29, 1.82) is 0 Å². The maximum Gasteiger partial charge on any atom is 0.416 e. The highest BCUT2D eigenvalue weighted by Gasteiger charge is 2.32. The first-order valence-corrected chi connectivity index (χ1v) is 8.09. The number of alkyl halides is 3. The zero-order valence-corrected chi connectivity index (χ0v) is 12.8. The van der Waals surface area contributed by atoms with E-state index in [0.29, 0.717) is 5.56 Å². The predicted octanol–water partition coefficient (Wildman–Crippen LogP) is 3.76. The predicted molar refractivity (Wildman–Crippen MR) is 82.0 cm³/mol. The van der Waals surface area contributed by atoms with Gasteiger partial charge in [0.05, 0.1) is 11.6 Å². The third-order valence-electron chi connectivity index (χ3n) is 3.86. The molecule has 1 N–H and O–H groups in total. The van der Waals surface area contributed by atoms with E-state index in [4.69, 9.17) is 0 Å². The quantitative estimate of drug-likeness (QED) is 0.924. The summed E-state index contributed by atoms with van der Waals surface area (Å²) in [6, 6.07) is 9.55. The first-order valence-electron chi connectivity index (χ1n) is 7.21. The summed E-state index contributed by atoms with van der Waals surface area (Å²) in [7, 11) is 0. The summed E-state index contributed by atoms with van der Waals surface area (Å²) in [5.74, 6) is 0. The first kappa shape index (κ1) is 15.5. The van der Waals surface area contributed by atoms with Crippen molar-refractivity contribution in [1.82, 2.24) is 10.2 Å². The van der Waals surface area contributed by atoms with Gasteiger partial charge in [0.1, 0.15) is 0 Å². The van der Waals surface area contributed by atoms with Crippen LogP contribution in [-0.2, 0) is 6.18 Å². The molecule has 0 spiro atoms. The van der Waals surface area contributed by atoms with Gasteiger partial charge in [0.15, 0.2) is 0 Å². The first-order chi connectivity index (χ1) is 10.6. The van der Waals surface area contributed by atoms with Crippen LogP contribution < -0.4 is 5.32 Å². The lowest BCUT2D eigenvalue weighted by Crippen LogP contribution is -2.45. The summed E-state index contributed by atoms with van der Waals surface area (Å²) in [6.45, 7) is 3.39. The van der Waals surface area contributed by atoms with Crippen molar-refractivity contribution in [2.24, 2.45) is 0 Å². The van der Waals surface area contributed by atoms with Gasteiger partial charge < -0.3 is 5.32 Å². The van der Waals surface area contributed by atoms with Crippen LogP contribution in [0.4, 0.5) is 13.2 Å². The molecular formula is C16H17F3N2S. The molecule has 1 fully saturated rings. The molecule has 0 aliphatic carbocycles. The van der Waals surface area contributed by atoms with Crippen molar-refractivity contribution >= 4 is 11.3 Å². The summed E-state index contributed by atoms with van der Waals surface area (Å²) in [5, 5.41) is 5.25. The molecule has 0 amide bonds. The fourth-order valence-electron chi connectivity index (χ4n) is 2.83. The molecule has 2 aromatic rings. The molecule has 1 atom stereocenters. The van der Waals surface area contributed by atoms with E-state index in [2.05, 4.69) is 10.2 Å². The summed E-state index contributed by atoms with van der Waals surface area (Å²) < 4.78 is 39.0. The highest BCUT2D eigenvalue weighted by molar-refractivity contribution is 7.10. The Kier molecular flexibility index (Phi) is 4.52. The highest BCUT2D eigenvalue weighted by atomic mass is 32.1. The number of piperazine rings is 1. The molecule has 118 valence electrons. The van der Waals surface area contributed by atoms with Gasteiger partial charge in [-0.15, -0.1) is 11.3 Å². The van der Waals surface area contributed by atoms with Crippen molar-refractivity contribution in [3.63, 3.8) is 0 Å². The summed E-state index contributed by atoms with van der Waals surface area (Å²) >= 11 is 1.59. The van der Waals surface area contributed by atoms with E-state index in [1.807, 2.05) is 17.5 Å². The van der Waals surface area contributed by atoms with Crippen LogP contribution in [0.5, 0.6) is 0 Å². The van der Waals surface area contributed by atoms with Crippen molar-refractivity contribution in [2.75, 3.05) is 26.2 Å². The molecule has 22 heavy (non-hydrogen) atoms. The Labute approximate surface area is 131 Å². The van der Waals surface area contributed by atoms with Gasteiger partial charge in [-0.3, -0.25) is 4.90 Å². The summed E-state index contributed by atoms with van der Waals surface area (Å²) in [4.78, 5) is 3.33. The SMILES string of the molecule is FC(F)(F)c1cccc([C@@H](c2cccs2)N2CCNCC2)c1. The number of benzene rings is 1. The second kappa shape index (κ2) is 6.40. The number of nitrogens with one attached hydrogen (secondary N) is 1. The molecule has 3 rings (SSSR count). The van der Waals surface area contributed by atoms with Crippen molar-refractivity contribution in [3.05, 3.63) is 57.8 Å². The topological polar surface area (TPSA) is 15.3 Å². The van der Waals surface area contributed by atoms with E-state index in [1.54, 1.807) is 17.4 Å². The van der Waals surface area contributed by atoms with E-state index in [0.717, 1.165) is 37.1 Å². The second-order valence-corrected chi connectivity index (χ2v) is 6.31. The molecule has 1 aliphatic heterocycles. The smallest absolute Gasteiger partial charge is 0.314 e. The molecule has 0 saturated carbocycles. The number of halogens is 3. The Morgan fingerprint density at radius 2 is 1.86 bits per heavy atom. The van der Waals surface area contributed by atoms with Gasteiger partial charge in [0.2, 0.25) is 0 Å². The van der Waals surface area contributed by atoms with E-state index >= 15 is 0 Å². The molecule has 1 aromatic heterocycles. The maximum absolute atomic E-state index is 13.0. The Morgan fingerprint density at radius 1 is 1.09 bits per heavy atom. The highest BCUT2D eigenvalue weighted by Crippen LogP contribution is 2.35. The zero-order valence-electron chi connectivity index (χ0n) is 11.9. The van der Waals surface area contributed by atoms with Crippen LogP contribution in [-0.4, -0.2) is 31.1 Å².